The van der Waals surface area contributed by atoms with Crippen molar-refractivity contribution in [2.75, 3.05) is 6.61 Å². The van der Waals surface area contributed by atoms with Crippen molar-refractivity contribution in [1.29, 1.82) is 0 Å². The van der Waals surface area contributed by atoms with Crippen LogP contribution in [0.1, 0.15) is 36.5 Å². The molecule has 1 aliphatic carbocycles. The second-order valence-corrected chi connectivity index (χ2v) is 6.33. The molecule has 3 nitrogen and oxygen atoms in total. The van der Waals surface area contributed by atoms with Crippen molar-refractivity contribution >= 4 is 21.8 Å². The van der Waals surface area contributed by atoms with Gasteiger partial charge in [0.05, 0.1) is 12.2 Å². The molecule has 0 heterocycles. The molecule has 110 valence electrons. The van der Waals surface area contributed by atoms with Gasteiger partial charge in [-0.2, -0.15) is 0 Å². The first kappa shape index (κ1) is 15.4. The van der Waals surface area contributed by atoms with Crippen molar-refractivity contribution in [1.82, 2.24) is 5.32 Å². The van der Waals surface area contributed by atoms with Crippen LogP contribution in [0, 0.1) is 17.0 Å². The fourth-order valence-corrected chi connectivity index (χ4v) is 3.10. The number of hydrogen-bond donors (Lipinski definition) is 2. The van der Waals surface area contributed by atoms with Crippen LogP contribution >= 0.6 is 15.9 Å². The molecule has 0 aromatic heterocycles. The molecule has 1 saturated carbocycles. The molecular weight excluding hydrogens is 332 g/mol. The van der Waals surface area contributed by atoms with Crippen molar-refractivity contribution in [3.05, 3.63) is 33.8 Å². The maximum atomic E-state index is 13.2. The van der Waals surface area contributed by atoms with Crippen molar-refractivity contribution in [2.24, 2.45) is 5.41 Å². The monoisotopic (exact) mass is 347 g/mol. The number of aliphatic hydroxyl groups excluding tert-OH is 1. The summed E-state index contributed by atoms with van der Waals surface area (Å²) in [6.07, 6.45) is 2.51. The molecule has 0 unspecified atom stereocenters. The zero-order chi connectivity index (χ0) is 14.9. The van der Waals surface area contributed by atoms with E-state index in [9.17, 15) is 18.7 Å². The van der Waals surface area contributed by atoms with Crippen molar-refractivity contribution in [2.45, 2.75) is 32.2 Å². The van der Waals surface area contributed by atoms with Crippen LogP contribution in [-0.2, 0) is 0 Å². The maximum absolute atomic E-state index is 13.2. The highest BCUT2D eigenvalue weighted by Crippen LogP contribution is 2.37. The molecule has 20 heavy (non-hydrogen) atoms. The minimum absolute atomic E-state index is 0.0170. The molecule has 1 aromatic rings. The van der Waals surface area contributed by atoms with Crippen LogP contribution in [0.2, 0.25) is 0 Å². The zero-order valence-corrected chi connectivity index (χ0v) is 12.6. The van der Waals surface area contributed by atoms with Gasteiger partial charge in [-0.1, -0.05) is 13.3 Å². The van der Waals surface area contributed by atoms with Gasteiger partial charge in [-0.05, 0) is 40.9 Å². The Balaban J connectivity index is 2.19. The van der Waals surface area contributed by atoms with Gasteiger partial charge in [-0.3, -0.25) is 4.79 Å². The number of aliphatic hydroxyl groups is 1. The largest absolute Gasteiger partial charge is 0.396 e. The van der Waals surface area contributed by atoms with Crippen molar-refractivity contribution in [3.63, 3.8) is 0 Å². The molecule has 0 radical (unpaired) electrons. The number of amides is 1. The Morgan fingerprint density at radius 2 is 2.15 bits per heavy atom. The summed E-state index contributed by atoms with van der Waals surface area (Å²) in [4.78, 5) is 12.2. The Kier molecular flexibility index (Phi) is 4.44. The van der Waals surface area contributed by atoms with E-state index >= 15 is 0 Å². The summed E-state index contributed by atoms with van der Waals surface area (Å²) >= 11 is 3.06. The minimum atomic E-state index is -1.06. The predicted octanol–water partition coefficient (Wildman–Crippen LogP) is 3.01. The van der Waals surface area contributed by atoms with E-state index in [0.717, 1.165) is 31.4 Å². The molecule has 0 aliphatic heterocycles. The summed E-state index contributed by atoms with van der Waals surface area (Å²) in [6.45, 7) is 1.89. The SMILES string of the molecule is C[C@]1(CO)CCC[C@@H]1NC(=O)c1cc(F)c(F)cc1Br. The van der Waals surface area contributed by atoms with E-state index in [4.69, 9.17) is 0 Å². The minimum Gasteiger partial charge on any atom is -0.396 e. The van der Waals surface area contributed by atoms with Gasteiger partial charge in [0.15, 0.2) is 11.6 Å². The summed E-state index contributed by atoms with van der Waals surface area (Å²) in [5.41, 5.74) is -0.308. The first-order valence-corrected chi connectivity index (χ1v) is 7.23. The Bertz CT molecular complexity index is 538. The number of carbonyl (C=O) groups excluding carboxylic acids is 1. The van der Waals surface area contributed by atoms with Gasteiger partial charge >= 0.3 is 0 Å². The van der Waals surface area contributed by atoms with Crippen molar-refractivity contribution in [3.8, 4) is 0 Å². The Morgan fingerprint density at radius 3 is 2.80 bits per heavy atom. The summed E-state index contributed by atoms with van der Waals surface area (Å²) in [7, 11) is 0. The van der Waals surface area contributed by atoms with E-state index in [-0.39, 0.29) is 28.1 Å². The van der Waals surface area contributed by atoms with E-state index in [2.05, 4.69) is 21.2 Å². The third kappa shape index (κ3) is 2.86. The number of nitrogens with one attached hydrogen (secondary N) is 1. The molecule has 1 fully saturated rings. The van der Waals surface area contributed by atoms with E-state index in [1.54, 1.807) is 0 Å². The summed E-state index contributed by atoms with van der Waals surface area (Å²) in [6, 6.07) is 1.64. The van der Waals surface area contributed by atoms with Crippen LogP contribution in [-0.4, -0.2) is 23.7 Å². The highest BCUT2D eigenvalue weighted by Gasteiger charge is 2.39. The first-order chi connectivity index (χ1) is 9.37. The average molecular weight is 348 g/mol. The lowest BCUT2D eigenvalue weighted by atomic mass is 9.85. The predicted molar refractivity (Wildman–Crippen MR) is 74.4 cm³/mol. The number of rotatable bonds is 3. The van der Waals surface area contributed by atoms with E-state index in [0.29, 0.717) is 0 Å². The van der Waals surface area contributed by atoms with Crippen LogP contribution in [0.25, 0.3) is 0 Å². The van der Waals surface area contributed by atoms with Crippen LogP contribution in [0.3, 0.4) is 0 Å². The number of carbonyl (C=O) groups is 1. The molecular formula is C14H16BrF2NO2. The van der Waals surface area contributed by atoms with Crippen LogP contribution in [0.4, 0.5) is 8.78 Å². The fraction of sp³-hybridized carbons (Fsp3) is 0.500. The smallest absolute Gasteiger partial charge is 0.252 e. The molecule has 0 spiro atoms. The van der Waals surface area contributed by atoms with Gasteiger partial charge in [0, 0.05) is 15.9 Å². The molecule has 2 rings (SSSR count). The van der Waals surface area contributed by atoms with Gasteiger partial charge in [-0.25, -0.2) is 8.78 Å². The third-order valence-corrected chi connectivity index (χ3v) is 4.66. The summed E-state index contributed by atoms with van der Waals surface area (Å²) in [5.74, 6) is -2.54. The van der Waals surface area contributed by atoms with Gasteiger partial charge in [0.1, 0.15) is 0 Å². The van der Waals surface area contributed by atoms with Crippen LogP contribution < -0.4 is 5.32 Å². The Labute approximate surface area is 124 Å². The normalized spacial score (nSPS) is 25.8. The lowest BCUT2D eigenvalue weighted by Crippen LogP contribution is -2.44. The zero-order valence-electron chi connectivity index (χ0n) is 11.0. The Morgan fingerprint density at radius 1 is 1.50 bits per heavy atom. The second kappa shape index (κ2) is 5.77. The molecule has 1 aliphatic rings. The highest BCUT2D eigenvalue weighted by molar-refractivity contribution is 9.10. The molecule has 1 amide bonds. The standard InChI is InChI=1S/C14H16BrF2NO2/c1-14(7-19)4-2-3-12(14)18-13(20)8-5-10(16)11(17)6-9(8)15/h5-6,12,19H,2-4,7H2,1H3,(H,18,20)/t12-,14+/m0/s1. The first-order valence-electron chi connectivity index (χ1n) is 6.43. The Hall–Kier alpha value is -1.01. The average Bonchev–Trinajstić information content (AvgIpc) is 2.76. The molecule has 0 saturated heterocycles. The van der Waals surface area contributed by atoms with E-state index in [1.807, 2.05) is 6.92 Å². The molecule has 0 bridgehead atoms. The quantitative estimate of drug-likeness (QED) is 0.825. The third-order valence-electron chi connectivity index (χ3n) is 4.00. The molecule has 1 aromatic carbocycles. The van der Waals surface area contributed by atoms with Crippen molar-refractivity contribution < 1.29 is 18.7 Å². The number of benzene rings is 1. The van der Waals surface area contributed by atoms with Gasteiger partial charge in [-0.15, -0.1) is 0 Å². The van der Waals surface area contributed by atoms with Gasteiger partial charge < -0.3 is 10.4 Å². The lowest BCUT2D eigenvalue weighted by Gasteiger charge is -2.30. The molecule has 6 heteroatoms. The topological polar surface area (TPSA) is 49.3 Å². The van der Waals surface area contributed by atoms with Crippen LogP contribution in [0.15, 0.2) is 16.6 Å². The fourth-order valence-electron chi connectivity index (χ4n) is 2.60. The van der Waals surface area contributed by atoms with Gasteiger partial charge in [0.25, 0.3) is 5.91 Å². The maximum Gasteiger partial charge on any atom is 0.252 e. The van der Waals surface area contributed by atoms with Gasteiger partial charge in [0.2, 0.25) is 0 Å². The summed E-state index contributed by atoms with van der Waals surface area (Å²) < 4.78 is 26.5. The van der Waals surface area contributed by atoms with E-state index < -0.39 is 17.5 Å². The lowest BCUT2D eigenvalue weighted by molar-refractivity contribution is 0.0829. The molecule has 2 atom stereocenters. The molecule has 2 N–H and O–H groups in total. The highest BCUT2D eigenvalue weighted by atomic mass is 79.9. The van der Waals surface area contributed by atoms with Crippen LogP contribution in [0.5, 0.6) is 0 Å². The number of halogens is 3. The second-order valence-electron chi connectivity index (χ2n) is 5.48. The van der Waals surface area contributed by atoms with E-state index in [1.165, 1.54) is 0 Å². The number of hydrogen-bond acceptors (Lipinski definition) is 2. The summed E-state index contributed by atoms with van der Waals surface area (Å²) in [5, 5.41) is 12.3.